The third kappa shape index (κ3) is 13.5. The Hall–Kier alpha value is -3.79. The number of aliphatic carboxylic acids is 1. The van der Waals surface area contributed by atoms with Crippen LogP contribution in [0.1, 0.15) is 44.9 Å². The summed E-state index contributed by atoms with van der Waals surface area (Å²) in [5.74, 6) is -6.85. The lowest BCUT2D eigenvalue weighted by Gasteiger charge is -2.25. The highest BCUT2D eigenvalue weighted by atomic mass is 16.4. The first-order valence-corrected chi connectivity index (χ1v) is 10.7. The van der Waals surface area contributed by atoms with Crippen LogP contribution in [-0.4, -0.2) is 77.2 Å². The second-order valence-electron chi connectivity index (χ2n) is 7.76. The van der Waals surface area contributed by atoms with Crippen molar-refractivity contribution in [2.75, 3.05) is 6.54 Å². The highest BCUT2D eigenvalue weighted by Gasteiger charge is 2.31. The molecule has 198 valence electrons. The van der Waals surface area contributed by atoms with E-state index in [1.54, 1.807) is 0 Å². The van der Waals surface area contributed by atoms with Crippen molar-refractivity contribution < 1.29 is 38.7 Å². The van der Waals surface area contributed by atoms with Crippen molar-refractivity contribution in [3.8, 4) is 0 Å². The van der Waals surface area contributed by atoms with Gasteiger partial charge in [0, 0.05) is 6.42 Å². The molecule has 0 aliphatic rings. The Morgan fingerprint density at radius 1 is 0.657 bits per heavy atom. The van der Waals surface area contributed by atoms with Crippen LogP contribution in [0, 0.1) is 0 Å². The van der Waals surface area contributed by atoms with Gasteiger partial charge >= 0.3 is 5.97 Å². The van der Waals surface area contributed by atoms with E-state index in [1.165, 1.54) is 0 Å². The summed E-state index contributed by atoms with van der Waals surface area (Å²) in [5.41, 5.74) is 26.1. The molecule has 16 nitrogen and oxygen atoms in total. The van der Waals surface area contributed by atoms with E-state index in [4.69, 9.17) is 28.7 Å². The first kappa shape index (κ1) is 31.2. The summed E-state index contributed by atoms with van der Waals surface area (Å²) in [6.45, 7) is 0.288. The number of carboxylic acids is 1. The number of rotatable bonds is 18. The van der Waals surface area contributed by atoms with Crippen molar-refractivity contribution in [3.63, 3.8) is 0 Å². The van der Waals surface area contributed by atoms with Crippen LogP contribution in [0.25, 0.3) is 0 Å². The number of nitrogens with two attached hydrogens (primary N) is 5. The minimum absolute atomic E-state index is 0.0371. The lowest BCUT2D eigenvalue weighted by Crippen LogP contribution is -2.57. The number of carboxylic acid groups (broad SMARTS) is 1. The van der Waals surface area contributed by atoms with Gasteiger partial charge in [-0.2, -0.15) is 0 Å². The van der Waals surface area contributed by atoms with E-state index < -0.39 is 78.4 Å². The maximum absolute atomic E-state index is 12.9. The highest BCUT2D eigenvalue weighted by molar-refractivity contribution is 5.95. The molecule has 0 aromatic carbocycles. The van der Waals surface area contributed by atoms with Crippen LogP contribution in [-0.2, 0) is 33.6 Å². The van der Waals surface area contributed by atoms with Crippen molar-refractivity contribution in [2.24, 2.45) is 28.7 Å². The number of primary amides is 3. The fourth-order valence-corrected chi connectivity index (χ4v) is 2.85. The average molecular weight is 503 g/mol. The molecule has 0 heterocycles. The van der Waals surface area contributed by atoms with E-state index in [1.807, 2.05) is 0 Å². The van der Waals surface area contributed by atoms with Crippen molar-refractivity contribution >= 4 is 41.4 Å². The van der Waals surface area contributed by atoms with E-state index in [2.05, 4.69) is 16.0 Å². The number of amides is 6. The molecule has 4 unspecified atom stereocenters. The van der Waals surface area contributed by atoms with Crippen LogP contribution in [0.4, 0.5) is 0 Å². The quantitative estimate of drug-likeness (QED) is 0.0803. The third-order valence-electron chi connectivity index (χ3n) is 4.67. The number of hydrogen-bond donors (Lipinski definition) is 9. The molecule has 0 aliphatic carbocycles. The summed E-state index contributed by atoms with van der Waals surface area (Å²) < 4.78 is 0. The molecule has 0 saturated heterocycles. The van der Waals surface area contributed by atoms with Crippen LogP contribution in [0.15, 0.2) is 0 Å². The monoisotopic (exact) mass is 502 g/mol. The zero-order valence-corrected chi connectivity index (χ0v) is 19.2. The largest absolute Gasteiger partial charge is 0.480 e. The lowest BCUT2D eigenvalue weighted by molar-refractivity contribution is -0.143. The van der Waals surface area contributed by atoms with Crippen molar-refractivity contribution in [1.82, 2.24) is 16.0 Å². The van der Waals surface area contributed by atoms with Gasteiger partial charge in [-0.15, -0.1) is 0 Å². The number of carbonyl (C=O) groups is 7. The maximum Gasteiger partial charge on any atom is 0.326 e. The smallest absolute Gasteiger partial charge is 0.326 e. The zero-order valence-electron chi connectivity index (χ0n) is 19.2. The Labute approximate surface area is 201 Å². The SMILES string of the molecule is NCCCCC(NC(=O)C(CCC(N)=O)NC(=O)C(N)CC(N)=O)C(=O)NC(CC(N)=O)C(=O)O. The molecule has 0 fully saturated rings. The van der Waals surface area contributed by atoms with Crippen molar-refractivity contribution in [3.05, 3.63) is 0 Å². The van der Waals surface area contributed by atoms with E-state index in [9.17, 15) is 38.7 Å². The molecule has 0 aliphatic heterocycles. The van der Waals surface area contributed by atoms with Crippen LogP contribution in [0.3, 0.4) is 0 Å². The Bertz CT molecular complexity index is 806. The molecule has 16 heteroatoms. The topological polar surface area (TPSA) is 306 Å². The van der Waals surface area contributed by atoms with Gasteiger partial charge in [0.05, 0.1) is 18.9 Å². The molecule has 0 radical (unpaired) electrons. The Balaban J connectivity index is 5.61. The van der Waals surface area contributed by atoms with Gasteiger partial charge in [0.25, 0.3) is 0 Å². The van der Waals surface area contributed by atoms with Gasteiger partial charge in [0.1, 0.15) is 18.1 Å². The first-order valence-electron chi connectivity index (χ1n) is 10.7. The van der Waals surface area contributed by atoms with Gasteiger partial charge in [-0.25, -0.2) is 4.79 Å². The summed E-state index contributed by atoms with van der Waals surface area (Å²) in [7, 11) is 0. The standard InChI is InChI=1S/C19H34N8O8/c20-6-2-1-3-10(17(32)27-12(19(34)35)8-15(24)30)26-18(33)11(4-5-13(22)28)25-16(31)9(21)7-14(23)29/h9-12H,1-8,20-21H2,(H2,22,28)(H2,23,29)(H2,24,30)(H,25,31)(H,26,33)(H,27,32)(H,34,35). The zero-order chi connectivity index (χ0) is 27.1. The Kier molecular flexibility index (Phi) is 14.2. The van der Waals surface area contributed by atoms with E-state index in [0.29, 0.717) is 12.8 Å². The summed E-state index contributed by atoms with van der Waals surface area (Å²) in [6.07, 6.45) is -0.872. The summed E-state index contributed by atoms with van der Waals surface area (Å²) in [5, 5.41) is 16.0. The number of hydrogen-bond acceptors (Lipinski definition) is 9. The molecule has 4 atom stereocenters. The van der Waals surface area contributed by atoms with Gasteiger partial charge in [-0.1, -0.05) is 0 Å². The fourth-order valence-electron chi connectivity index (χ4n) is 2.85. The van der Waals surface area contributed by atoms with E-state index in [-0.39, 0.29) is 25.8 Å². The fraction of sp³-hybridized carbons (Fsp3) is 0.632. The molecule has 0 spiro atoms. The van der Waals surface area contributed by atoms with Crippen LogP contribution in [0.2, 0.25) is 0 Å². The maximum atomic E-state index is 12.9. The van der Waals surface area contributed by atoms with Crippen molar-refractivity contribution in [2.45, 2.75) is 69.1 Å². The first-order chi connectivity index (χ1) is 16.3. The lowest BCUT2D eigenvalue weighted by atomic mass is 10.0. The van der Waals surface area contributed by atoms with Gasteiger partial charge in [0.15, 0.2) is 0 Å². The predicted octanol–water partition coefficient (Wildman–Crippen LogP) is -5.00. The normalized spacial score (nSPS) is 14.0. The van der Waals surface area contributed by atoms with Gasteiger partial charge in [0.2, 0.25) is 35.4 Å². The molecule has 14 N–H and O–H groups in total. The predicted molar refractivity (Wildman–Crippen MR) is 120 cm³/mol. The average Bonchev–Trinajstić information content (AvgIpc) is 2.74. The van der Waals surface area contributed by atoms with Gasteiger partial charge in [-0.3, -0.25) is 28.8 Å². The molecule has 0 saturated carbocycles. The number of nitrogens with one attached hydrogen (secondary N) is 3. The van der Waals surface area contributed by atoms with E-state index in [0.717, 1.165) is 0 Å². The highest BCUT2D eigenvalue weighted by Crippen LogP contribution is 2.06. The van der Waals surface area contributed by atoms with E-state index >= 15 is 0 Å². The van der Waals surface area contributed by atoms with Crippen LogP contribution < -0.4 is 44.6 Å². The second-order valence-corrected chi connectivity index (χ2v) is 7.76. The number of carbonyl (C=O) groups excluding carboxylic acids is 6. The summed E-state index contributed by atoms with van der Waals surface area (Å²) >= 11 is 0. The molecule has 0 aromatic heterocycles. The molecular weight excluding hydrogens is 468 g/mol. The molecular formula is C19H34N8O8. The molecule has 35 heavy (non-hydrogen) atoms. The van der Waals surface area contributed by atoms with Crippen molar-refractivity contribution in [1.29, 1.82) is 0 Å². The molecule has 6 amide bonds. The third-order valence-corrected chi connectivity index (χ3v) is 4.67. The van der Waals surface area contributed by atoms with Gasteiger partial charge < -0.3 is 49.7 Å². The molecule has 0 rings (SSSR count). The Morgan fingerprint density at radius 2 is 1.14 bits per heavy atom. The summed E-state index contributed by atoms with van der Waals surface area (Å²) in [6, 6.07) is -5.66. The molecule has 0 aromatic rings. The minimum atomic E-state index is -1.63. The number of unbranched alkanes of at least 4 members (excludes halogenated alkanes) is 1. The minimum Gasteiger partial charge on any atom is -0.480 e. The Morgan fingerprint density at radius 3 is 1.60 bits per heavy atom. The van der Waals surface area contributed by atoms with Gasteiger partial charge in [-0.05, 0) is 32.2 Å². The van der Waals surface area contributed by atoms with Crippen LogP contribution in [0.5, 0.6) is 0 Å². The van der Waals surface area contributed by atoms with Crippen LogP contribution >= 0.6 is 0 Å². The molecule has 0 bridgehead atoms. The second kappa shape index (κ2) is 15.9. The summed E-state index contributed by atoms with van der Waals surface area (Å²) in [4.78, 5) is 82.5.